The Hall–Kier alpha value is -1.91. The van der Waals surface area contributed by atoms with Gasteiger partial charge in [-0.25, -0.2) is 0 Å². The van der Waals surface area contributed by atoms with Gasteiger partial charge in [-0.15, -0.1) is 0 Å². The minimum absolute atomic E-state index is 0.127. The van der Waals surface area contributed by atoms with E-state index in [-0.39, 0.29) is 11.8 Å². The molecule has 1 aromatic heterocycles. The summed E-state index contributed by atoms with van der Waals surface area (Å²) in [5.74, 6) is -0.0332. The molecule has 1 saturated heterocycles. The molecular weight excluding hydrogens is 230 g/mol. The Morgan fingerprint density at radius 2 is 1.89 bits per heavy atom. The van der Waals surface area contributed by atoms with Crippen molar-refractivity contribution >= 4 is 11.8 Å². The van der Waals surface area contributed by atoms with Gasteiger partial charge in [-0.1, -0.05) is 0 Å². The van der Waals surface area contributed by atoms with Crippen molar-refractivity contribution in [3.05, 3.63) is 30.1 Å². The summed E-state index contributed by atoms with van der Waals surface area (Å²) in [5.41, 5.74) is 0.568. The first-order valence-corrected chi connectivity index (χ1v) is 6.23. The highest BCUT2D eigenvalue weighted by Crippen LogP contribution is 2.08. The van der Waals surface area contributed by atoms with Crippen molar-refractivity contribution in [1.82, 2.24) is 15.2 Å². The van der Waals surface area contributed by atoms with Gasteiger partial charge in [0.2, 0.25) is 5.91 Å². The molecule has 1 aromatic rings. The summed E-state index contributed by atoms with van der Waals surface area (Å²) in [7, 11) is 0. The third-order valence-electron chi connectivity index (χ3n) is 3.03. The van der Waals surface area contributed by atoms with Crippen LogP contribution in [0.5, 0.6) is 0 Å². The van der Waals surface area contributed by atoms with Crippen LogP contribution in [-0.2, 0) is 4.79 Å². The number of rotatable bonds is 4. The molecule has 1 aliphatic rings. The number of hydrogen-bond donors (Lipinski definition) is 1. The highest BCUT2D eigenvalue weighted by Gasteiger charge is 2.17. The van der Waals surface area contributed by atoms with Gasteiger partial charge in [-0.3, -0.25) is 14.6 Å². The Balaban J connectivity index is 1.72. The maximum atomic E-state index is 11.7. The lowest BCUT2D eigenvalue weighted by atomic mass is 10.2. The predicted molar refractivity (Wildman–Crippen MR) is 67.0 cm³/mol. The fourth-order valence-corrected chi connectivity index (χ4v) is 2.01. The SMILES string of the molecule is O=C(NCCC(=O)N1CCCC1)c1ccncc1. The van der Waals surface area contributed by atoms with Crippen LogP contribution in [0.25, 0.3) is 0 Å². The number of nitrogens with zero attached hydrogens (tertiary/aromatic N) is 2. The zero-order valence-corrected chi connectivity index (χ0v) is 10.3. The molecule has 0 aromatic carbocycles. The van der Waals surface area contributed by atoms with E-state index in [9.17, 15) is 9.59 Å². The molecular formula is C13H17N3O2. The molecule has 5 nitrogen and oxygen atoms in total. The number of nitrogens with one attached hydrogen (secondary N) is 1. The van der Waals surface area contributed by atoms with Crippen LogP contribution in [0.4, 0.5) is 0 Å². The number of carbonyl (C=O) groups excluding carboxylic acids is 2. The van der Waals surface area contributed by atoms with Crippen LogP contribution in [-0.4, -0.2) is 41.3 Å². The normalized spacial score (nSPS) is 14.6. The first-order valence-electron chi connectivity index (χ1n) is 6.23. The highest BCUT2D eigenvalue weighted by atomic mass is 16.2. The minimum Gasteiger partial charge on any atom is -0.352 e. The largest absolute Gasteiger partial charge is 0.352 e. The van der Waals surface area contributed by atoms with E-state index in [2.05, 4.69) is 10.3 Å². The number of likely N-dealkylation sites (tertiary alicyclic amines) is 1. The molecule has 0 unspecified atom stereocenters. The summed E-state index contributed by atoms with van der Waals surface area (Å²) in [6, 6.07) is 3.30. The van der Waals surface area contributed by atoms with Gasteiger partial charge >= 0.3 is 0 Å². The Bertz CT molecular complexity index is 414. The monoisotopic (exact) mass is 247 g/mol. The second kappa shape index (κ2) is 6.14. The highest BCUT2D eigenvalue weighted by molar-refractivity contribution is 5.94. The van der Waals surface area contributed by atoms with E-state index in [4.69, 9.17) is 0 Å². The lowest BCUT2D eigenvalue weighted by Crippen LogP contribution is -2.32. The second-order valence-electron chi connectivity index (χ2n) is 4.33. The molecule has 0 spiro atoms. The molecule has 0 bridgehead atoms. The van der Waals surface area contributed by atoms with Crippen LogP contribution in [0, 0.1) is 0 Å². The van der Waals surface area contributed by atoms with Crippen LogP contribution in [0.1, 0.15) is 29.6 Å². The summed E-state index contributed by atoms with van der Waals surface area (Å²) in [6.45, 7) is 2.10. The molecule has 96 valence electrons. The van der Waals surface area contributed by atoms with Crippen LogP contribution >= 0.6 is 0 Å². The van der Waals surface area contributed by atoms with E-state index in [1.165, 1.54) is 0 Å². The van der Waals surface area contributed by atoms with Crippen LogP contribution in [0.15, 0.2) is 24.5 Å². The Morgan fingerprint density at radius 3 is 2.56 bits per heavy atom. The molecule has 1 fully saturated rings. The summed E-state index contributed by atoms with van der Waals surface area (Å²) in [5, 5.41) is 2.74. The second-order valence-corrected chi connectivity index (χ2v) is 4.33. The van der Waals surface area contributed by atoms with Crippen LogP contribution in [0.2, 0.25) is 0 Å². The van der Waals surface area contributed by atoms with Gasteiger partial charge in [0.25, 0.3) is 5.91 Å². The molecule has 2 heterocycles. The average Bonchev–Trinajstić information content (AvgIpc) is 2.93. The van der Waals surface area contributed by atoms with Crippen molar-refractivity contribution < 1.29 is 9.59 Å². The summed E-state index contributed by atoms with van der Waals surface area (Å²) in [6.07, 6.45) is 5.70. The molecule has 0 atom stereocenters. The molecule has 0 radical (unpaired) electrons. The fourth-order valence-electron chi connectivity index (χ4n) is 2.01. The third kappa shape index (κ3) is 3.29. The van der Waals surface area contributed by atoms with Crippen molar-refractivity contribution in [2.24, 2.45) is 0 Å². The van der Waals surface area contributed by atoms with E-state index in [1.54, 1.807) is 24.5 Å². The fraction of sp³-hybridized carbons (Fsp3) is 0.462. The van der Waals surface area contributed by atoms with Crippen molar-refractivity contribution in [2.75, 3.05) is 19.6 Å². The van der Waals surface area contributed by atoms with Crippen molar-refractivity contribution in [3.8, 4) is 0 Å². The Morgan fingerprint density at radius 1 is 1.22 bits per heavy atom. The quantitative estimate of drug-likeness (QED) is 0.857. The molecule has 1 N–H and O–H groups in total. The number of amides is 2. The summed E-state index contributed by atoms with van der Waals surface area (Å²) >= 11 is 0. The Labute approximate surface area is 106 Å². The summed E-state index contributed by atoms with van der Waals surface area (Å²) < 4.78 is 0. The molecule has 18 heavy (non-hydrogen) atoms. The van der Waals surface area contributed by atoms with E-state index in [0.717, 1.165) is 25.9 Å². The standard InChI is InChI=1S/C13H17N3O2/c17-12(16-9-1-2-10-16)5-8-15-13(18)11-3-6-14-7-4-11/h3-4,6-7H,1-2,5,8-10H2,(H,15,18). The van der Waals surface area contributed by atoms with Gasteiger partial charge in [0.1, 0.15) is 0 Å². The molecule has 2 rings (SSSR count). The number of pyridine rings is 1. The molecule has 0 aliphatic carbocycles. The van der Waals surface area contributed by atoms with Crippen molar-refractivity contribution in [3.63, 3.8) is 0 Å². The smallest absolute Gasteiger partial charge is 0.251 e. The average molecular weight is 247 g/mol. The maximum absolute atomic E-state index is 11.7. The van der Waals surface area contributed by atoms with Crippen LogP contribution < -0.4 is 5.32 Å². The van der Waals surface area contributed by atoms with E-state index < -0.39 is 0 Å². The van der Waals surface area contributed by atoms with Gasteiger partial charge in [0.15, 0.2) is 0 Å². The molecule has 2 amide bonds. The number of carbonyl (C=O) groups is 2. The number of hydrogen-bond acceptors (Lipinski definition) is 3. The zero-order chi connectivity index (χ0) is 12.8. The molecule has 1 aliphatic heterocycles. The third-order valence-corrected chi connectivity index (χ3v) is 3.03. The topological polar surface area (TPSA) is 62.3 Å². The van der Waals surface area contributed by atoms with Gasteiger partial charge in [0.05, 0.1) is 0 Å². The lowest BCUT2D eigenvalue weighted by Gasteiger charge is -2.15. The van der Waals surface area contributed by atoms with Crippen molar-refractivity contribution in [2.45, 2.75) is 19.3 Å². The first kappa shape index (κ1) is 12.5. The minimum atomic E-state index is -0.161. The van der Waals surface area contributed by atoms with Crippen molar-refractivity contribution in [1.29, 1.82) is 0 Å². The lowest BCUT2D eigenvalue weighted by molar-refractivity contribution is -0.129. The van der Waals surface area contributed by atoms with Gasteiger partial charge in [0, 0.05) is 44.0 Å². The number of aromatic nitrogens is 1. The van der Waals surface area contributed by atoms with Gasteiger partial charge in [-0.2, -0.15) is 0 Å². The molecule has 5 heteroatoms. The predicted octanol–water partition coefficient (Wildman–Crippen LogP) is 0.824. The van der Waals surface area contributed by atoms with Gasteiger partial charge in [-0.05, 0) is 25.0 Å². The zero-order valence-electron chi connectivity index (χ0n) is 10.3. The maximum Gasteiger partial charge on any atom is 0.251 e. The molecule has 0 saturated carbocycles. The first-order chi connectivity index (χ1) is 8.77. The van der Waals surface area contributed by atoms with E-state index in [1.807, 2.05) is 4.90 Å². The van der Waals surface area contributed by atoms with Gasteiger partial charge < -0.3 is 10.2 Å². The van der Waals surface area contributed by atoms with E-state index in [0.29, 0.717) is 18.5 Å². The summed E-state index contributed by atoms with van der Waals surface area (Å²) in [4.78, 5) is 29.1. The van der Waals surface area contributed by atoms with Crippen LogP contribution in [0.3, 0.4) is 0 Å². The Kier molecular flexibility index (Phi) is 4.28. The van der Waals surface area contributed by atoms with E-state index >= 15 is 0 Å².